The molecule has 0 saturated carbocycles. The molecule has 0 aliphatic rings. The molecule has 0 radical (unpaired) electrons. The van der Waals surface area contributed by atoms with Crippen molar-refractivity contribution in [3.63, 3.8) is 0 Å². The van der Waals surface area contributed by atoms with E-state index >= 15 is 0 Å². The normalized spacial score (nSPS) is 11.2. The molecule has 0 unspecified atom stereocenters. The van der Waals surface area contributed by atoms with Gasteiger partial charge in [-0.1, -0.05) is 30.3 Å². The number of guanidine groups is 1. The molecule has 0 spiro atoms. The number of anilines is 1. The Labute approximate surface area is 168 Å². The predicted molar refractivity (Wildman–Crippen MR) is 116 cm³/mol. The van der Waals surface area contributed by atoms with E-state index in [1.165, 1.54) is 11.1 Å². The number of benzene rings is 2. The van der Waals surface area contributed by atoms with Crippen LogP contribution in [0.2, 0.25) is 0 Å². The average molecular weight is 385 g/mol. The topological polar surface area (TPSA) is 66.9 Å². The van der Waals surface area contributed by atoms with Crippen molar-refractivity contribution in [2.75, 3.05) is 45.8 Å². The number of methoxy groups -OCH3 is 2. The highest BCUT2D eigenvalue weighted by molar-refractivity contribution is 5.79. The maximum Gasteiger partial charge on any atom is 0.191 e. The number of hydrogen-bond acceptors (Lipinski definition) is 4. The van der Waals surface area contributed by atoms with Crippen LogP contribution in [0.5, 0.6) is 5.75 Å². The van der Waals surface area contributed by atoms with Crippen LogP contribution in [0.1, 0.15) is 18.1 Å². The molecule has 0 saturated heterocycles. The molecule has 152 valence electrons. The number of nitrogens with one attached hydrogen (secondary N) is 3. The van der Waals surface area contributed by atoms with Crippen molar-refractivity contribution >= 4 is 11.6 Å². The lowest BCUT2D eigenvalue weighted by atomic mass is 10.1. The molecule has 0 fully saturated rings. The van der Waals surface area contributed by atoms with E-state index in [2.05, 4.69) is 58.2 Å². The zero-order valence-corrected chi connectivity index (χ0v) is 17.1. The van der Waals surface area contributed by atoms with Gasteiger partial charge >= 0.3 is 0 Å². The maximum absolute atomic E-state index is 5.41. The summed E-state index contributed by atoms with van der Waals surface area (Å²) in [6.07, 6.45) is 0.871. The molecule has 0 aliphatic carbocycles. The Balaban J connectivity index is 1.85. The number of aliphatic imine (C=N–C) groups is 1. The standard InChI is InChI=1S/C22H32N4O2/c1-4-23-22(25-14-13-19-7-5-6-8-21(19)28-3)26-17-18-9-11-20(12-10-18)24-15-16-27-2/h5-12,24H,4,13-17H2,1-3H3,(H2,23,25,26). The van der Waals surface area contributed by atoms with Gasteiger partial charge in [0.05, 0.1) is 20.3 Å². The van der Waals surface area contributed by atoms with Gasteiger partial charge in [0.1, 0.15) is 5.75 Å². The maximum atomic E-state index is 5.41. The number of hydrogen-bond donors (Lipinski definition) is 3. The summed E-state index contributed by atoms with van der Waals surface area (Å²) >= 11 is 0. The van der Waals surface area contributed by atoms with Gasteiger partial charge in [0, 0.05) is 32.4 Å². The minimum Gasteiger partial charge on any atom is -0.496 e. The van der Waals surface area contributed by atoms with E-state index in [0.717, 1.165) is 43.5 Å². The summed E-state index contributed by atoms with van der Waals surface area (Å²) in [7, 11) is 3.41. The lowest BCUT2D eigenvalue weighted by Crippen LogP contribution is -2.38. The first-order chi connectivity index (χ1) is 13.8. The van der Waals surface area contributed by atoms with Crippen molar-refractivity contribution in [1.82, 2.24) is 10.6 Å². The molecule has 2 aromatic carbocycles. The molecule has 0 amide bonds. The highest BCUT2D eigenvalue weighted by Gasteiger charge is 2.03. The van der Waals surface area contributed by atoms with Crippen LogP contribution in [0.25, 0.3) is 0 Å². The van der Waals surface area contributed by atoms with Crippen molar-refractivity contribution in [2.24, 2.45) is 4.99 Å². The van der Waals surface area contributed by atoms with Gasteiger partial charge in [-0.3, -0.25) is 0 Å². The third-order valence-electron chi connectivity index (χ3n) is 4.23. The highest BCUT2D eigenvalue weighted by Crippen LogP contribution is 2.17. The third kappa shape index (κ3) is 7.48. The van der Waals surface area contributed by atoms with Crippen LogP contribution < -0.4 is 20.7 Å². The Hall–Kier alpha value is -2.73. The van der Waals surface area contributed by atoms with Gasteiger partial charge in [-0.15, -0.1) is 0 Å². The fourth-order valence-electron chi connectivity index (χ4n) is 2.76. The summed E-state index contributed by atoms with van der Waals surface area (Å²) in [5, 5.41) is 10.0. The molecule has 6 heteroatoms. The summed E-state index contributed by atoms with van der Waals surface area (Å²) in [5.74, 6) is 1.74. The van der Waals surface area contributed by atoms with Crippen LogP contribution in [0.3, 0.4) is 0 Å². The summed E-state index contributed by atoms with van der Waals surface area (Å²) in [5.41, 5.74) is 3.44. The van der Waals surface area contributed by atoms with Crippen LogP contribution in [-0.4, -0.2) is 46.4 Å². The quantitative estimate of drug-likeness (QED) is 0.316. The summed E-state index contributed by atoms with van der Waals surface area (Å²) < 4.78 is 10.5. The molecule has 6 nitrogen and oxygen atoms in total. The Morgan fingerprint density at radius 3 is 2.46 bits per heavy atom. The molecule has 0 aliphatic heterocycles. The Morgan fingerprint density at radius 1 is 0.964 bits per heavy atom. The van der Waals surface area contributed by atoms with Crippen LogP contribution in [-0.2, 0) is 17.7 Å². The number of nitrogens with zero attached hydrogens (tertiary/aromatic N) is 1. The smallest absolute Gasteiger partial charge is 0.191 e. The first kappa shape index (κ1) is 21.6. The van der Waals surface area contributed by atoms with Crippen molar-refractivity contribution in [3.8, 4) is 5.75 Å². The Bertz CT molecular complexity index is 717. The molecule has 0 aromatic heterocycles. The van der Waals surface area contributed by atoms with Gasteiger partial charge in [-0.05, 0) is 42.7 Å². The van der Waals surface area contributed by atoms with Crippen LogP contribution in [0.15, 0.2) is 53.5 Å². The van der Waals surface area contributed by atoms with Gasteiger partial charge in [0.25, 0.3) is 0 Å². The summed E-state index contributed by atoms with van der Waals surface area (Å²) in [6, 6.07) is 16.4. The fraction of sp³-hybridized carbons (Fsp3) is 0.409. The van der Waals surface area contributed by atoms with Crippen LogP contribution in [0.4, 0.5) is 5.69 Å². The van der Waals surface area contributed by atoms with Crippen molar-refractivity contribution in [3.05, 3.63) is 59.7 Å². The van der Waals surface area contributed by atoms with Crippen LogP contribution in [0, 0.1) is 0 Å². The second-order valence-corrected chi connectivity index (χ2v) is 6.30. The lowest BCUT2D eigenvalue weighted by molar-refractivity contribution is 0.211. The van der Waals surface area contributed by atoms with Gasteiger partial charge < -0.3 is 25.4 Å². The largest absolute Gasteiger partial charge is 0.496 e. The van der Waals surface area contributed by atoms with Crippen molar-refractivity contribution in [2.45, 2.75) is 19.9 Å². The summed E-state index contributed by atoms with van der Waals surface area (Å²) in [6.45, 7) is 5.80. The molecule has 0 heterocycles. The van der Waals surface area contributed by atoms with E-state index in [1.54, 1.807) is 14.2 Å². The van der Waals surface area contributed by atoms with E-state index in [9.17, 15) is 0 Å². The zero-order chi connectivity index (χ0) is 20.0. The predicted octanol–water partition coefficient (Wildman–Crippen LogP) is 3.05. The molecule has 2 aromatic rings. The average Bonchev–Trinajstić information content (AvgIpc) is 2.73. The minimum absolute atomic E-state index is 0.627. The second-order valence-electron chi connectivity index (χ2n) is 6.30. The molecular weight excluding hydrogens is 352 g/mol. The van der Waals surface area contributed by atoms with E-state index in [1.807, 2.05) is 18.2 Å². The summed E-state index contributed by atoms with van der Waals surface area (Å²) in [4.78, 5) is 4.69. The SMILES string of the molecule is CCNC(=NCc1ccc(NCCOC)cc1)NCCc1ccccc1OC. The van der Waals surface area contributed by atoms with Gasteiger partial charge in [-0.2, -0.15) is 0 Å². The van der Waals surface area contributed by atoms with Crippen LogP contribution >= 0.6 is 0 Å². The minimum atomic E-state index is 0.627. The third-order valence-corrected chi connectivity index (χ3v) is 4.23. The molecular formula is C22H32N4O2. The van der Waals surface area contributed by atoms with Gasteiger partial charge in [0.15, 0.2) is 5.96 Å². The molecule has 0 bridgehead atoms. The number of ether oxygens (including phenoxy) is 2. The first-order valence-electron chi connectivity index (χ1n) is 9.72. The van der Waals surface area contributed by atoms with E-state index in [-0.39, 0.29) is 0 Å². The van der Waals surface area contributed by atoms with Gasteiger partial charge in [-0.25, -0.2) is 4.99 Å². The first-order valence-corrected chi connectivity index (χ1v) is 9.72. The van der Waals surface area contributed by atoms with E-state index in [4.69, 9.17) is 9.47 Å². The van der Waals surface area contributed by atoms with Crippen molar-refractivity contribution < 1.29 is 9.47 Å². The molecule has 0 atom stereocenters. The monoisotopic (exact) mass is 384 g/mol. The molecule has 2 rings (SSSR count). The molecule has 3 N–H and O–H groups in total. The van der Waals surface area contributed by atoms with Gasteiger partial charge in [0.2, 0.25) is 0 Å². The Kier molecular flexibility index (Phi) is 9.72. The lowest BCUT2D eigenvalue weighted by Gasteiger charge is -2.13. The number of para-hydroxylation sites is 1. The fourth-order valence-corrected chi connectivity index (χ4v) is 2.76. The second kappa shape index (κ2) is 12.6. The number of rotatable bonds is 11. The van der Waals surface area contributed by atoms with E-state index < -0.39 is 0 Å². The van der Waals surface area contributed by atoms with Crippen molar-refractivity contribution in [1.29, 1.82) is 0 Å². The zero-order valence-electron chi connectivity index (χ0n) is 17.1. The van der Waals surface area contributed by atoms with E-state index in [0.29, 0.717) is 13.2 Å². The Morgan fingerprint density at radius 2 is 1.75 bits per heavy atom. The molecule has 28 heavy (non-hydrogen) atoms. The highest BCUT2D eigenvalue weighted by atomic mass is 16.5.